The monoisotopic (exact) mass is 741 g/mol. The summed E-state index contributed by atoms with van der Waals surface area (Å²) in [5.74, 6) is 0. The Morgan fingerprint density at radius 1 is 0.362 bits per heavy atom. The van der Waals surface area contributed by atoms with Crippen molar-refractivity contribution in [1.29, 1.82) is 0 Å². The molecule has 0 spiro atoms. The van der Waals surface area contributed by atoms with Gasteiger partial charge < -0.3 is 18.5 Å². The van der Waals surface area contributed by atoms with E-state index in [-0.39, 0.29) is 0 Å². The highest BCUT2D eigenvalue weighted by Gasteiger charge is 2.25. The van der Waals surface area contributed by atoms with Gasteiger partial charge in [-0.25, -0.2) is 0 Å². The summed E-state index contributed by atoms with van der Waals surface area (Å²) in [5, 5.41) is 7.06. The lowest BCUT2D eigenvalue weighted by molar-refractivity contribution is 0.669. The van der Waals surface area contributed by atoms with E-state index >= 15 is 0 Å². The molecule has 4 nitrogen and oxygen atoms in total. The zero-order valence-corrected chi connectivity index (χ0v) is 31.5. The summed E-state index contributed by atoms with van der Waals surface area (Å²) in [6, 6.07) is 76.3. The molecule has 9 aromatic carbocycles. The van der Waals surface area contributed by atoms with Crippen LogP contribution in [0.15, 0.2) is 217 Å². The van der Waals surface area contributed by atoms with Crippen molar-refractivity contribution in [2.24, 2.45) is 0 Å². The predicted molar refractivity (Wildman–Crippen MR) is 243 cm³/mol. The van der Waals surface area contributed by atoms with E-state index in [4.69, 9.17) is 4.42 Å². The number of para-hydroxylation sites is 6. The zero-order valence-electron chi connectivity index (χ0n) is 31.5. The summed E-state index contributed by atoms with van der Waals surface area (Å²) in [6.07, 6.45) is 0. The van der Waals surface area contributed by atoms with E-state index in [0.29, 0.717) is 0 Å². The molecule has 4 heteroatoms. The lowest BCUT2D eigenvalue weighted by Gasteiger charge is -2.29. The fourth-order valence-corrected chi connectivity index (χ4v) is 9.21. The molecule has 0 atom stereocenters. The first-order valence-corrected chi connectivity index (χ1v) is 19.8. The van der Waals surface area contributed by atoms with E-state index < -0.39 is 0 Å². The van der Waals surface area contributed by atoms with E-state index in [9.17, 15) is 0 Å². The smallest absolute Gasteiger partial charge is 0.137 e. The molecule has 0 unspecified atom stereocenters. The molecule has 0 bridgehead atoms. The molecule has 58 heavy (non-hydrogen) atoms. The topological polar surface area (TPSA) is 26.2 Å². The van der Waals surface area contributed by atoms with Crippen LogP contribution in [-0.2, 0) is 0 Å². The third-order valence-electron chi connectivity index (χ3n) is 11.7. The normalized spacial score (nSPS) is 11.8. The first kappa shape index (κ1) is 32.4. The van der Waals surface area contributed by atoms with Gasteiger partial charge in [-0.3, -0.25) is 0 Å². The summed E-state index contributed by atoms with van der Waals surface area (Å²) in [4.78, 5) is 2.42. The average molecular weight is 742 g/mol. The van der Waals surface area contributed by atoms with Crippen LogP contribution in [0.2, 0.25) is 0 Å². The first-order valence-electron chi connectivity index (χ1n) is 19.8. The Labute approximate surface area is 334 Å². The number of rotatable bonds is 6. The Bertz CT molecular complexity index is 3470. The molecule has 0 saturated heterocycles. The van der Waals surface area contributed by atoms with Gasteiger partial charge in [0, 0.05) is 55.3 Å². The minimum Gasteiger partial charge on any atom is -0.456 e. The van der Waals surface area contributed by atoms with Gasteiger partial charge in [-0.15, -0.1) is 0 Å². The van der Waals surface area contributed by atoms with Crippen molar-refractivity contribution in [1.82, 2.24) is 9.13 Å². The number of furan rings is 1. The number of nitrogens with zero attached hydrogens (tertiary/aromatic N) is 3. The minimum atomic E-state index is 0.850. The second-order valence-corrected chi connectivity index (χ2v) is 14.9. The Balaban J connectivity index is 1.25. The molecule has 0 aliphatic carbocycles. The van der Waals surface area contributed by atoms with Gasteiger partial charge in [0.15, 0.2) is 0 Å². The van der Waals surface area contributed by atoms with Crippen molar-refractivity contribution >= 4 is 82.6 Å². The molecule has 12 rings (SSSR count). The number of hydrogen-bond acceptors (Lipinski definition) is 2. The van der Waals surface area contributed by atoms with Gasteiger partial charge in [0.1, 0.15) is 11.2 Å². The summed E-state index contributed by atoms with van der Waals surface area (Å²) in [6.45, 7) is 0. The lowest BCUT2D eigenvalue weighted by Crippen LogP contribution is -2.12. The van der Waals surface area contributed by atoms with E-state index in [2.05, 4.69) is 214 Å². The fraction of sp³-hybridized carbons (Fsp3) is 0. The van der Waals surface area contributed by atoms with Crippen LogP contribution in [0, 0.1) is 0 Å². The molecule has 3 heterocycles. The molecule has 272 valence electrons. The Morgan fingerprint density at radius 3 is 1.67 bits per heavy atom. The van der Waals surface area contributed by atoms with Gasteiger partial charge in [0.05, 0.1) is 39.1 Å². The maximum Gasteiger partial charge on any atom is 0.137 e. The van der Waals surface area contributed by atoms with Crippen molar-refractivity contribution in [3.63, 3.8) is 0 Å². The van der Waals surface area contributed by atoms with Crippen molar-refractivity contribution in [3.05, 3.63) is 212 Å². The van der Waals surface area contributed by atoms with Gasteiger partial charge in [-0.1, -0.05) is 140 Å². The second-order valence-electron chi connectivity index (χ2n) is 14.9. The van der Waals surface area contributed by atoms with Crippen LogP contribution in [0.4, 0.5) is 17.1 Å². The van der Waals surface area contributed by atoms with Gasteiger partial charge in [-0.2, -0.15) is 0 Å². The van der Waals surface area contributed by atoms with E-state index in [1.165, 1.54) is 32.6 Å². The molecule has 12 aromatic rings. The largest absolute Gasteiger partial charge is 0.456 e. The first-order chi connectivity index (χ1) is 28.8. The van der Waals surface area contributed by atoms with Gasteiger partial charge in [0.25, 0.3) is 0 Å². The summed E-state index contributed by atoms with van der Waals surface area (Å²) in [5.41, 5.74) is 13.9. The third kappa shape index (κ3) is 4.88. The fourth-order valence-electron chi connectivity index (χ4n) is 9.21. The predicted octanol–water partition coefficient (Wildman–Crippen LogP) is 14.9. The zero-order chi connectivity index (χ0) is 38.2. The highest BCUT2D eigenvalue weighted by molar-refractivity contribution is 6.18. The highest BCUT2D eigenvalue weighted by Crippen LogP contribution is 2.47. The quantitative estimate of drug-likeness (QED) is 0.170. The Hall–Kier alpha value is -7.82. The molecule has 0 aliphatic heterocycles. The van der Waals surface area contributed by atoms with Crippen LogP contribution in [0.1, 0.15) is 0 Å². The number of fused-ring (bicyclic) bond motifs is 9. The molecule has 3 aromatic heterocycles. The molecule has 0 fully saturated rings. The van der Waals surface area contributed by atoms with Crippen LogP contribution in [0.25, 0.3) is 88.1 Å². The van der Waals surface area contributed by atoms with E-state index in [1.807, 2.05) is 12.1 Å². The van der Waals surface area contributed by atoms with Gasteiger partial charge in [0.2, 0.25) is 0 Å². The number of hydrogen-bond donors (Lipinski definition) is 0. The third-order valence-corrected chi connectivity index (χ3v) is 11.7. The van der Waals surface area contributed by atoms with Crippen molar-refractivity contribution in [3.8, 4) is 22.5 Å². The van der Waals surface area contributed by atoms with Crippen LogP contribution < -0.4 is 4.90 Å². The molecule has 0 amide bonds. The second kappa shape index (κ2) is 12.9. The van der Waals surface area contributed by atoms with Crippen LogP contribution >= 0.6 is 0 Å². The summed E-state index contributed by atoms with van der Waals surface area (Å²) < 4.78 is 11.5. The van der Waals surface area contributed by atoms with Crippen LogP contribution in [0.3, 0.4) is 0 Å². The average Bonchev–Trinajstić information content (AvgIpc) is 3.95. The standard InChI is InChI=1S/C54H35N3O/c1-3-17-36(18-4-1)40-21-7-12-26-46(40)55(38-31-32-44-43-24-11-16-30-52(43)58-53(44)35-38)39-33-50-54(45-25-10-15-29-49(45)56(50)37-19-5-2-6-20-37)51(34-39)57-47-27-13-8-22-41(47)42-23-9-14-28-48(42)57/h1-35H. The van der Waals surface area contributed by atoms with Crippen LogP contribution in [0.5, 0.6) is 0 Å². The number of aromatic nitrogens is 2. The lowest BCUT2D eigenvalue weighted by atomic mass is 10.0. The summed E-state index contributed by atoms with van der Waals surface area (Å²) in [7, 11) is 0. The number of benzene rings is 9. The van der Waals surface area contributed by atoms with E-state index in [1.54, 1.807) is 0 Å². The molecular formula is C54H35N3O. The molecular weight excluding hydrogens is 707 g/mol. The molecule has 0 saturated carbocycles. The van der Waals surface area contributed by atoms with Crippen LogP contribution in [-0.4, -0.2) is 9.13 Å². The van der Waals surface area contributed by atoms with Gasteiger partial charge >= 0.3 is 0 Å². The SMILES string of the molecule is c1ccc(-c2ccccc2N(c2ccc3c(c2)oc2ccccc23)c2cc(-n3c4ccccc4c4ccccc43)c3c4ccccc4n(-c4ccccc4)c3c2)cc1. The molecule has 0 N–H and O–H groups in total. The van der Waals surface area contributed by atoms with Crippen molar-refractivity contribution in [2.45, 2.75) is 0 Å². The van der Waals surface area contributed by atoms with E-state index in [0.717, 1.165) is 72.5 Å². The maximum atomic E-state index is 6.56. The maximum absolute atomic E-state index is 6.56. The van der Waals surface area contributed by atoms with Crippen molar-refractivity contribution in [2.75, 3.05) is 4.90 Å². The molecule has 0 radical (unpaired) electrons. The summed E-state index contributed by atoms with van der Waals surface area (Å²) >= 11 is 0. The Morgan fingerprint density at radius 2 is 0.931 bits per heavy atom. The van der Waals surface area contributed by atoms with Crippen molar-refractivity contribution < 1.29 is 4.42 Å². The minimum absolute atomic E-state index is 0.850. The van der Waals surface area contributed by atoms with Gasteiger partial charge in [-0.05, 0) is 72.3 Å². The Kier molecular flexibility index (Phi) is 7.20. The highest BCUT2D eigenvalue weighted by atomic mass is 16.3. The number of anilines is 3. The molecule has 0 aliphatic rings.